The van der Waals surface area contributed by atoms with Crippen LogP contribution >= 0.6 is 15.9 Å². The predicted molar refractivity (Wildman–Crippen MR) is 81.7 cm³/mol. The molecule has 1 aromatic carbocycles. The molecular formula is C13H21BrN2O2S. The summed E-state index contributed by atoms with van der Waals surface area (Å²) in [4.78, 5) is 2.47. The quantitative estimate of drug-likeness (QED) is 0.823. The van der Waals surface area contributed by atoms with Gasteiger partial charge in [0.1, 0.15) is 0 Å². The van der Waals surface area contributed by atoms with Crippen molar-refractivity contribution < 1.29 is 8.42 Å². The van der Waals surface area contributed by atoms with E-state index in [1.807, 2.05) is 6.92 Å². The molecule has 0 fully saturated rings. The number of hydrogen-bond acceptors (Lipinski definition) is 3. The van der Waals surface area contributed by atoms with E-state index < -0.39 is 10.0 Å². The summed E-state index contributed by atoms with van der Waals surface area (Å²) < 4.78 is 27.8. The Morgan fingerprint density at radius 2 is 1.84 bits per heavy atom. The highest BCUT2D eigenvalue weighted by atomic mass is 79.9. The molecule has 0 spiro atoms. The van der Waals surface area contributed by atoms with Gasteiger partial charge in [0, 0.05) is 17.1 Å². The summed E-state index contributed by atoms with van der Waals surface area (Å²) in [5.41, 5.74) is 0. The number of nitrogens with one attached hydrogen (secondary N) is 1. The lowest BCUT2D eigenvalue weighted by atomic mass is 10.3. The Morgan fingerprint density at radius 1 is 1.26 bits per heavy atom. The normalized spacial score (nSPS) is 13.7. The van der Waals surface area contributed by atoms with Gasteiger partial charge in [-0.3, -0.25) is 0 Å². The summed E-state index contributed by atoms with van der Waals surface area (Å²) in [5, 5.41) is 0. The predicted octanol–water partition coefficient (Wildman–Crippen LogP) is 2.46. The zero-order chi connectivity index (χ0) is 14.5. The molecule has 1 rings (SSSR count). The van der Waals surface area contributed by atoms with Crippen molar-refractivity contribution in [3.63, 3.8) is 0 Å². The number of rotatable bonds is 7. The van der Waals surface area contributed by atoms with Gasteiger partial charge in [0.25, 0.3) is 0 Å². The highest BCUT2D eigenvalue weighted by molar-refractivity contribution is 9.10. The van der Waals surface area contributed by atoms with Gasteiger partial charge < -0.3 is 4.90 Å². The van der Waals surface area contributed by atoms with Crippen molar-refractivity contribution in [2.75, 3.05) is 19.6 Å². The Bertz CT molecular complexity index is 501. The van der Waals surface area contributed by atoms with Crippen LogP contribution in [-0.4, -0.2) is 39.0 Å². The maximum atomic E-state index is 12.3. The third-order valence-corrected chi connectivity index (χ3v) is 5.51. The molecule has 1 unspecified atom stereocenters. The average Bonchev–Trinajstić information content (AvgIpc) is 2.35. The number of sulfonamides is 1. The lowest BCUT2D eigenvalue weighted by molar-refractivity contribution is 0.282. The Kier molecular flexibility index (Phi) is 6.46. The Balaban J connectivity index is 2.78. The van der Waals surface area contributed by atoms with Gasteiger partial charge in [-0.1, -0.05) is 26.0 Å². The zero-order valence-corrected chi connectivity index (χ0v) is 14.0. The van der Waals surface area contributed by atoms with E-state index in [0.717, 1.165) is 13.1 Å². The minimum atomic E-state index is -3.48. The lowest BCUT2D eigenvalue weighted by Crippen LogP contribution is -2.41. The largest absolute Gasteiger partial charge is 0.302 e. The molecule has 0 aliphatic rings. The topological polar surface area (TPSA) is 49.4 Å². The van der Waals surface area contributed by atoms with Crippen molar-refractivity contribution in [3.05, 3.63) is 28.7 Å². The van der Waals surface area contributed by atoms with Crippen LogP contribution in [-0.2, 0) is 10.0 Å². The third-order valence-electron chi connectivity index (χ3n) is 2.91. The van der Waals surface area contributed by atoms with Gasteiger partial charge in [0.05, 0.1) is 4.90 Å². The van der Waals surface area contributed by atoms with E-state index in [1.54, 1.807) is 24.3 Å². The number of hydrogen-bond donors (Lipinski definition) is 1. The smallest absolute Gasteiger partial charge is 0.241 e. The van der Waals surface area contributed by atoms with Crippen LogP contribution in [0.4, 0.5) is 0 Å². The molecule has 0 aliphatic heterocycles. The van der Waals surface area contributed by atoms with Crippen LogP contribution < -0.4 is 4.72 Å². The van der Waals surface area contributed by atoms with Gasteiger partial charge >= 0.3 is 0 Å². The summed E-state index contributed by atoms with van der Waals surface area (Å²) in [6.45, 7) is 8.55. The van der Waals surface area contributed by atoms with E-state index in [0.29, 0.717) is 11.0 Å². The Morgan fingerprint density at radius 3 is 2.37 bits per heavy atom. The van der Waals surface area contributed by atoms with Gasteiger partial charge in [-0.05, 0) is 48.1 Å². The van der Waals surface area contributed by atoms with E-state index >= 15 is 0 Å². The van der Waals surface area contributed by atoms with E-state index in [9.17, 15) is 8.42 Å². The molecule has 6 heteroatoms. The van der Waals surface area contributed by atoms with Gasteiger partial charge in [-0.15, -0.1) is 0 Å². The summed E-state index contributed by atoms with van der Waals surface area (Å²) in [6.07, 6.45) is 0. The van der Waals surface area contributed by atoms with E-state index in [-0.39, 0.29) is 10.9 Å². The molecule has 0 amide bonds. The summed E-state index contributed by atoms with van der Waals surface area (Å²) in [6, 6.07) is 6.70. The molecule has 1 aromatic rings. The first-order valence-electron chi connectivity index (χ1n) is 6.40. The van der Waals surface area contributed by atoms with Crippen molar-refractivity contribution in [2.45, 2.75) is 31.7 Å². The SMILES string of the molecule is CCN(CC)CC(C)NS(=O)(=O)c1ccccc1Br. The molecule has 0 aliphatic carbocycles. The highest BCUT2D eigenvalue weighted by Crippen LogP contribution is 2.21. The van der Waals surface area contributed by atoms with E-state index in [2.05, 4.69) is 39.4 Å². The van der Waals surface area contributed by atoms with Crippen LogP contribution in [0.1, 0.15) is 20.8 Å². The van der Waals surface area contributed by atoms with Gasteiger partial charge in [-0.2, -0.15) is 0 Å². The van der Waals surface area contributed by atoms with E-state index in [4.69, 9.17) is 0 Å². The van der Waals surface area contributed by atoms with Crippen LogP contribution in [0.5, 0.6) is 0 Å². The second kappa shape index (κ2) is 7.38. The zero-order valence-electron chi connectivity index (χ0n) is 11.6. The van der Waals surface area contributed by atoms with Crippen molar-refractivity contribution in [1.82, 2.24) is 9.62 Å². The first-order valence-corrected chi connectivity index (χ1v) is 8.67. The molecule has 108 valence electrons. The molecule has 0 saturated carbocycles. The number of nitrogens with zero attached hydrogens (tertiary/aromatic N) is 1. The fraction of sp³-hybridized carbons (Fsp3) is 0.538. The molecule has 0 radical (unpaired) electrons. The van der Waals surface area contributed by atoms with Crippen LogP contribution in [0.15, 0.2) is 33.6 Å². The molecule has 0 bridgehead atoms. The average molecular weight is 349 g/mol. The fourth-order valence-corrected chi connectivity index (χ4v) is 4.14. The molecule has 0 saturated heterocycles. The first kappa shape index (κ1) is 16.6. The van der Waals surface area contributed by atoms with Crippen LogP contribution in [0, 0.1) is 0 Å². The van der Waals surface area contributed by atoms with E-state index in [1.165, 1.54) is 0 Å². The molecule has 19 heavy (non-hydrogen) atoms. The summed E-state index contributed by atoms with van der Waals surface area (Å²) >= 11 is 3.27. The molecular weight excluding hydrogens is 328 g/mol. The highest BCUT2D eigenvalue weighted by Gasteiger charge is 2.20. The minimum Gasteiger partial charge on any atom is -0.302 e. The number of benzene rings is 1. The van der Waals surface area contributed by atoms with Gasteiger partial charge in [0.15, 0.2) is 0 Å². The number of likely N-dealkylation sites (N-methyl/N-ethyl adjacent to an activating group) is 1. The second-order valence-electron chi connectivity index (χ2n) is 4.44. The molecule has 1 atom stereocenters. The van der Waals surface area contributed by atoms with Crippen molar-refractivity contribution >= 4 is 26.0 Å². The van der Waals surface area contributed by atoms with Gasteiger partial charge in [0.2, 0.25) is 10.0 Å². The van der Waals surface area contributed by atoms with Gasteiger partial charge in [-0.25, -0.2) is 13.1 Å². The van der Waals surface area contributed by atoms with Crippen LogP contribution in [0.3, 0.4) is 0 Å². The molecule has 0 heterocycles. The van der Waals surface area contributed by atoms with Crippen LogP contribution in [0.25, 0.3) is 0 Å². The maximum absolute atomic E-state index is 12.3. The lowest BCUT2D eigenvalue weighted by Gasteiger charge is -2.23. The summed E-state index contributed by atoms with van der Waals surface area (Å²) in [7, 11) is -3.48. The third kappa shape index (κ3) is 4.87. The maximum Gasteiger partial charge on any atom is 0.241 e. The van der Waals surface area contributed by atoms with Crippen LogP contribution in [0.2, 0.25) is 0 Å². The standard InChI is InChI=1S/C13H21BrN2O2S/c1-4-16(5-2)10-11(3)15-19(17,18)13-9-7-6-8-12(13)14/h6-9,11,15H,4-5,10H2,1-3H3. The van der Waals surface area contributed by atoms with Crippen molar-refractivity contribution in [2.24, 2.45) is 0 Å². The molecule has 0 aromatic heterocycles. The fourth-order valence-electron chi connectivity index (χ4n) is 1.90. The number of halogens is 1. The second-order valence-corrected chi connectivity index (χ2v) is 6.98. The molecule has 4 nitrogen and oxygen atoms in total. The minimum absolute atomic E-state index is 0.128. The Hall–Kier alpha value is -0.430. The molecule has 1 N–H and O–H groups in total. The first-order chi connectivity index (χ1) is 8.90. The van der Waals surface area contributed by atoms with Crippen molar-refractivity contribution in [1.29, 1.82) is 0 Å². The Labute approximate surface area is 124 Å². The summed E-state index contributed by atoms with van der Waals surface area (Å²) in [5.74, 6) is 0. The monoisotopic (exact) mass is 348 g/mol. The van der Waals surface area contributed by atoms with Crippen molar-refractivity contribution in [3.8, 4) is 0 Å².